The van der Waals surface area contributed by atoms with E-state index in [1.54, 1.807) is 4.90 Å². The molecule has 1 rings (SSSR count). The lowest BCUT2D eigenvalue weighted by Crippen LogP contribution is -2.52. The van der Waals surface area contributed by atoms with Gasteiger partial charge in [0.05, 0.1) is 13.1 Å². The van der Waals surface area contributed by atoms with Crippen LogP contribution in [0.2, 0.25) is 0 Å². The molecule has 0 unspecified atom stereocenters. The third kappa shape index (κ3) is 5.18. The number of carboxylic acid groups (broad SMARTS) is 1. The van der Waals surface area contributed by atoms with Crippen LogP contribution >= 0.6 is 15.9 Å². The fourth-order valence-corrected chi connectivity index (χ4v) is 1.72. The van der Waals surface area contributed by atoms with Crippen LogP contribution in [-0.4, -0.2) is 66.2 Å². The van der Waals surface area contributed by atoms with Crippen molar-refractivity contribution in [1.82, 2.24) is 15.1 Å². The van der Waals surface area contributed by atoms with E-state index in [2.05, 4.69) is 27.8 Å². The number of carboxylic acids is 1. The van der Waals surface area contributed by atoms with E-state index in [4.69, 9.17) is 5.11 Å². The molecule has 6 nitrogen and oxygen atoms in total. The number of hydrogen-bond donors (Lipinski definition) is 2. The standard InChI is InChI=1S/C10H16BrN3O3/c1-8(11)6-12-10(17)14-4-2-13(3-5-14)7-9(15)16/h1-7H2,(H,12,17)(H,15,16). The Morgan fingerprint density at radius 2 is 1.88 bits per heavy atom. The molecule has 0 saturated carbocycles. The number of nitrogens with zero attached hydrogens (tertiary/aromatic N) is 2. The predicted molar refractivity (Wildman–Crippen MR) is 67.1 cm³/mol. The van der Waals surface area contributed by atoms with Crippen molar-refractivity contribution in [3.05, 3.63) is 11.1 Å². The van der Waals surface area contributed by atoms with Crippen LogP contribution in [0.15, 0.2) is 11.1 Å². The van der Waals surface area contributed by atoms with Gasteiger partial charge in [-0.15, -0.1) is 0 Å². The number of hydrogen-bond acceptors (Lipinski definition) is 3. The van der Waals surface area contributed by atoms with Gasteiger partial charge >= 0.3 is 12.0 Å². The predicted octanol–water partition coefficient (Wildman–Crippen LogP) is 0.307. The lowest BCUT2D eigenvalue weighted by atomic mass is 10.3. The lowest BCUT2D eigenvalue weighted by Gasteiger charge is -2.33. The lowest BCUT2D eigenvalue weighted by molar-refractivity contribution is -0.138. The number of nitrogens with one attached hydrogen (secondary N) is 1. The summed E-state index contributed by atoms with van der Waals surface area (Å²) in [6.45, 7) is 6.34. The Bertz CT molecular complexity index is 314. The van der Waals surface area contributed by atoms with Crippen molar-refractivity contribution in [2.45, 2.75) is 0 Å². The molecule has 0 aromatic carbocycles. The Balaban J connectivity index is 2.28. The van der Waals surface area contributed by atoms with Crippen molar-refractivity contribution >= 4 is 27.9 Å². The third-order valence-electron chi connectivity index (χ3n) is 2.45. The Morgan fingerprint density at radius 3 is 2.35 bits per heavy atom. The van der Waals surface area contributed by atoms with Crippen LogP contribution in [0.5, 0.6) is 0 Å². The van der Waals surface area contributed by atoms with Crippen molar-refractivity contribution in [2.24, 2.45) is 0 Å². The van der Waals surface area contributed by atoms with Gasteiger partial charge in [-0.25, -0.2) is 4.79 Å². The molecular formula is C10H16BrN3O3. The molecule has 0 aliphatic carbocycles. The van der Waals surface area contributed by atoms with E-state index in [0.717, 1.165) is 4.48 Å². The van der Waals surface area contributed by atoms with Gasteiger partial charge in [0, 0.05) is 30.7 Å². The van der Waals surface area contributed by atoms with Gasteiger partial charge in [0.1, 0.15) is 0 Å². The van der Waals surface area contributed by atoms with Crippen LogP contribution in [0, 0.1) is 0 Å². The van der Waals surface area contributed by atoms with Crippen LogP contribution in [0.25, 0.3) is 0 Å². The van der Waals surface area contributed by atoms with E-state index >= 15 is 0 Å². The van der Waals surface area contributed by atoms with Crippen LogP contribution in [0.3, 0.4) is 0 Å². The highest BCUT2D eigenvalue weighted by Crippen LogP contribution is 2.03. The zero-order chi connectivity index (χ0) is 12.8. The molecule has 2 amide bonds. The Morgan fingerprint density at radius 1 is 1.29 bits per heavy atom. The second-order valence-corrected chi connectivity index (χ2v) is 4.95. The maximum Gasteiger partial charge on any atom is 0.317 e. The number of aliphatic carboxylic acids is 1. The molecule has 0 aromatic rings. The molecule has 0 bridgehead atoms. The summed E-state index contributed by atoms with van der Waals surface area (Å²) in [5.41, 5.74) is 0. The monoisotopic (exact) mass is 305 g/mol. The van der Waals surface area contributed by atoms with E-state index < -0.39 is 5.97 Å². The first-order valence-electron chi connectivity index (χ1n) is 5.29. The van der Waals surface area contributed by atoms with Gasteiger partial charge in [-0.05, 0) is 0 Å². The number of urea groups is 1. The zero-order valence-electron chi connectivity index (χ0n) is 9.49. The molecule has 1 heterocycles. The minimum Gasteiger partial charge on any atom is -0.480 e. The Hall–Kier alpha value is -1.08. The van der Waals surface area contributed by atoms with Gasteiger partial charge in [-0.1, -0.05) is 22.5 Å². The van der Waals surface area contributed by atoms with Gasteiger partial charge in [0.2, 0.25) is 0 Å². The summed E-state index contributed by atoms with van der Waals surface area (Å²) in [5, 5.41) is 11.3. The van der Waals surface area contributed by atoms with Gasteiger partial charge in [-0.2, -0.15) is 0 Å². The Labute approximate surface area is 108 Å². The topological polar surface area (TPSA) is 72.9 Å². The zero-order valence-corrected chi connectivity index (χ0v) is 11.1. The van der Waals surface area contributed by atoms with Gasteiger partial charge < -0.3 is 15.3 Å². The van der Waals surface area contributed by atoms with E-state index in [0.29, 0.717) is 32.7 Å². The van der Waals surface area contributed by atoms with Crippen molar-refractivity contribution < 1.29 is 14.7 Å². The summed E-state index contributed by atoms with van der Waals surface area (Å²) >= 11 is 3.16. The molecule has 1 aliphatic rings. The van der Waals surface area contributed by atoms with Crippen LogP contribution in [-0.2, 0) is 4.79 Å². The van der Waals surface area contributed by atoms with E-state index in [-0.39, 0.29) is 12.6 Å². The van der Waals surface area contributed by atoms with Crippen molar-refractivity contribution in [3.63, 3.8) is 0 Å². The summed E-state index contributed by atoms with van der Waals surface area (Å²) < 4.78 is 0.718. The second kappa shape index (κ2) is 6.61. The fourth-order valence-electron chi connectivity index (χ4n) is 1.58. The number of rotatable bonds is 4. The van der Waals surface area contributed by atoms with Crippen molar-refractivity contribution in [1.29, 1.82) is 0 Å². The molecule has 17 heavy (non-hydrogen) atoms. The molecule has 96 valence electrons. The van der Waals surface area contributed by atoms with Crippen molar-refractivity contribution in [2.75, 3.05) is 39.3 Å². The highest BCUT2D eigenvalue weighted by molar-refractivity contribution is 9.11. The number of amides is 2. The van der Waals surface area contributed by atoms with Gasteiger partial charge in [-0.3, -0.25) is 9.69 Å². The number of piperazine rings is 1. The molecule has 0 spiro atoms. The summed E-state index contributed by atoms with van der Waals surface area (Å²) in [6, 6.07) is -0.138. The summed E-state index contributed by atoms with van der Waals surface area (Å²) in [7, 11) is 0. The maximum atomic E-state index is 11.6. The molecular weight excluding hydrogens is 290 g/mol. The smallest absolute Gasteiger partial charge is 0.317 e. The molecule has 1 saturated heterocycles. The first kappa shape index (κ1) is 14.0. The van der Waals surface area contributed by atoms with Gasteiger partial charge in [0.25, 0.3) is 0 Å². The molecule has 0 radical (unpaired) electrons. The first-order chi connectivity index (χ1) is 7.99. The molecule has 1 aliphatic heterocycles. The molecule has 0 atom stereocenters. The summed E-state index contributed by atoms with van der Waals surface area (Å²) in [5.74, 6) is -0.835. The molecule has 2 N–H and O–H groups in total. The SMILES string of the molecule is C=C(Br)CNC(=O)N1CCN(CC(=O)O)CC1. The van der Waals surface area contributed by atoms with Gasteiger partial charge in [0.15, 0.2) is 0 Å². The van der Waals surface area contributed by atoms with Crippen LogP contribution < -0.4 is 5.32 Å². The second-order valence-electron chi connectivity index (χ2n) is 3.83. The minimum absolute atomic E-state index is 0.0354. The normalized spacial score (nSPS) is 16.6. The number of carbonyl (C=O) groups is 2. The van der Waals surface area contributed by atoms with Crippen LogP contribution in [0.1, 0.15) is 0 Å². The van der Waals surface area contributed by atoms with E-state index in [9.17, 15) is 9.59 Å². The summed E-state index contributed by atoms with van der Waals surface area (Å²) in [4.78, 5) is 25.7. The quantitative estimate of drug-likeness (QED) is 0.784. The average Bonchev–Trinajstić information content (AvgIpc) is 2.26. The minimum atomic E-state index is -0.835. The van der Waals surface area contributed by atoms with E-state index in [1.807, 2.05) is 4.90 Å². The maximum absolute atomic E-state index is 11.6. The average molecular weight is 306 g/mol. The summed E-state index contributed by atoms with van der Waals surface area (Å²) in [6.07, 6.45) is 0. The molecule has 7 heteroatoms. The molecule has 1 fully saturated rings. The third-order valence-corrected chi connectivity index (χ3v) is 2.73. The Kier molecular flexibility index (Phi) is 5.43. The van der Waals surface area contributed by atoms with Crippen molar-refractivity contribution in [3.8, 4) is 0 Å². The molecule has 0 aromatic heterocycles. The van der Waals surface area contributed by atoms with Crippen LogP contribution in [0.4, 0.5) is 4.79 Å². The fraction of sp³-hybridized carbons (Fsp3) is 0.600. The number of halogens is 1. The highest BCUT2D eigenvalue weighted by atomic mass is 79.9. The first-order valence-corrected chi connectivity index (χ1v) is 6.08. The highest BCUT2D eigenvalue weighted by Gasteiger charge is 2.21. The number of carbonyl (C=O) groups excluding carboxylic acids is 1. The largest absolute Gasteiger partial charge is 0.480 e. The van der Waals surface area contributed by atoms with E-state index in [1.165, 1.54) is 0 Å².